The summed E-state index contributed by atoms with van der Waals surface area (Å²) in [5.41, 5.74) is 0.783. The van der Waals surface area contributed by atoms with Crippen LogP contribution >= 0.6 is 11.6 Å². The van der Waals surface area contributed by atoms with E-state index in [-0.39, 0.29) is 18.1 Å². The molecule has 0 atom stereocenters. The molecule has 0 bridgehead atoms. The molecule has 0 aliphatic carbocycles. The first-order valence-corrected chi connectivity index (χ1v) is 5.56. The number of carbonyl (C=O) groups excluding carboxylic acids is 1. The normalized spacial score (nSPS) is 9.88. The van der Waals surface area contributed by atoms with Gasteiger partial charge in [-0.15, -0.1) is 11.6 Å². The van der Waals surface area contributed by atoms with Gasteiger partial charge in [-0.25, -0.2) is 0 Å². The lowest BCUT2D eigenvalue weighted by Crippen LogP contribution is -2.05. The zero-order valence-electron chi connectivity index (χ0n) is 10.1. The molecule has 0 spiro atoms. The Morgan fingerprint density at radius 2 is 1.65 bits per heavy atom. The molecule has 94 valence electrons. The van der Waals surface area contributed by atoms with Crippen molar-refractivity contribution in [1.29, 1.82) is 0 Å². The van der Waals surface area contributed by atoms with Crippen LogP contribution in [0.5, 0.6) is 17.2 Å². The molecule has 0 unspecified atom stereocenters. The molecule has 0 fully saturated rings. The van der Waals surface area contributed by atoms with E-state index in [9.17, 15) is 4.79 Å². The van der Waals surface area contributed by atoms with Crippen LogP contribution in [-0.4, -0.2) is 33.0 Å². The molecule has 1 aromatic rings. The van der Waals surface area contributed by atoms with Gasteiger partial charge in [0.25, 0.3) is 0 Å². The molecule has 0 aliphatic heterocycles. The quantitative estimate of drug-likeness (QED) is 0.733. The molecule has 0 aliphatic rings. The lowest BCUT2D eigenvalue weighted by Gasteiger charge is -2.13. The summed E-state index contributed by atoms with van der Waals surface area (Å²) in [6.45, 7) is 0. The number of carbonyl (C=O) groups is 1. The molecule has 1 aromatic carbocycles. The fraction of sp³-hybridized carbons (Fsp3) is 0.417. The van der Waals surface area contributed by atoms with E-state index in [1.807, 2.05) is 0 Å². The zero-order chi connectivity index (χ0) is 12.8. The Bertz CT molecular complexity index is 378. The van der Waals surface area contributed by atoms with Crippen LogP contribution in [0.15, 0.2) is 12.1 Å². The highest BCUT2D eigenvalue weighted by Gasteiger charge is 2.14. The molecule has 17 heavy (non-hydrogen) atoms. The standard InChI is InChI=1S/C12H15ClO4/c1-15-10-5-8(4-9(14)7-13)6-11(16-2)12(10)17-3/h5-6H,4,7H2,1-3H3. The van der Waals surface area contributed by atoms with Crippen molar-refractivity contribution in [2.45, 2.75) is 6.42 Å². The van der Waals surface area contributed by atoms with Gasteiger partial charge in [0.2, 0.25) is 5.75 Å². The highest BCUT2D eigenvalue weighted by molar-refractivity contribution is 6.27. The lowest BCUT2D eigenvalue weighted by atomic mass is 10.1. The third-order valence-electron chi connectivity index (χ3n) is 2.27. The van der Waals surface area contributed by atoms with Gasteiger partial charge in [-0.05, 0) is 17.7 Å². The van der Waals surface area contributed by atoms with Gasteiger partial charge >= 0.3 is 0 Å². The Balaban J connectivity index is 3.13. The molecule has 0 saturated heterocycles. The van der Waals surface area contributed by atoms with Crippen LogP contribution in [0.3, 0.4) is 0 Å². The molecule has 0 heterocycles. The van der Waals surface area contributed by atoms with Gasteiger partial charge in [-0.2, -0.15) is 0 Å². The van der Waals surface area contributed by atoms with E-state index >= 15 is 0 Å². The second-order valence-electron chi connectivity index (χ2n) is 3.38. The Morgan fingerprint density at radius 1 is 1.12 bits per heavy atom. The van der Waals surface area contributed by atoms with E-state index in [1.165, 1.54) is 21.3 Å². The van der Waals surface area contributed by atoms with Crippen molar-refractivity contribution in [2.75, 3.05) is 27.2 Å². The highest BCUT2D eigenvalue weighted by atomic mass is 35.5. The molecule has 0 saturated carbocycles. The van der Waals surface area contributed by atoms with Crippen LogP contribution in [0.2, 0.25) is 0 Å². The molecule has 0 aromatic heterocycles. The molecular formula is C12H15ClO4. The monoisotopic (exact) mass is 258 g/mol. The Kier molecular flexibility index (Phi) is 5.10. The fourth-order valence-corrected chi connectivity index (χ4v) is 1.61. The third kappa shape index (κ3) is 3.27. The third-order valence-corrected chi connectivity index (χ3v) is 2.57. The van der Waals surface area contributed by atoms with Gasteiger partial charge in [0.1, 0.15) is 0 Å². The van der Waals surface area contributed by atoms with E-state index in [1.54, 1.807) is 12.1 Å². The number of halogens is 1. The average molecular weight is 259 g/mol. The van der Waals surface area contributed by atoms with Crippen LogP contribution in [0.1, 0.15) is 5.56 Å². The van der Waals surface area contributed by atoms with Crippen LogP contribution in [0.25, 0.3) is 0 Å². The summed E-state index contributed by atoms with van der Waals surface area (Å²) < 4.78 is 15.6. The van der Waals surface area contributed by atoms with Gasteiger partial charge in [-0.3, -0.25) is 4.79 Å². The summed E-state index contributed by atoms with van der Waals surface area (Å²) in [5.74, 6) is 1.52. The van der Waals surface area contributed by atoms with Crippen molar-refractivity contribution in [3.05, 3.63) is 17.7 Å². The minimum atomic E-state index is -0.0547. The molecular weight excluding hydrogens is 244 g/mol. The molecule has 1 rings (SSSR count). The van der Waals surface area contributed by atoms with Crippen LogP contribution in [-0.2, 0) is 11.2 Å². The second kappa shape index (κ2) is 6.35. The number of methoxy groups -OCH3 is 3. The number of alkyl halides is 1. The number of rotatable bonds is 6. The van der Waals surface area contributed by atoms with Crippen molar-refractivity contribution >= 4 is 17.4 Å². The van der Waals surface area contributed by atoms with Gasteiger partial charge in [0.15, 0.2) is 17.3 Å². The first-order chi connectivity index (χ1) is 8.15. The Morgan fingerprint density at radius 3 is 2.00 bits per heavy atom. The number of hydrogen-bond donors (Lipinski definition) is 0. The van der Waals surface area contributed by atoms with Crippen LogP contribution in [0.4, 0.5) is 0 Å². The summed E-state index contributed by atoms with van der Waals surface area (Å²) in [7, 11) is 4.60. The number of benzene rings is 1. The summed E-state index contributed by atoms with van der Waals surface area (Å²) >= 11 is 5.47. The van der Waals surface area contributed by atoms with Crippen molar-refractivity contribution in [2.24, 2.45) is 0 Å². The highest BCUT2D eigenvalue weighted by Crippen LogP contribution is 2.38. The van der Waals surface area contributed by atoms with E-state index in [2.05, 4.69) is 0 Å². The summed E-state index contributed by atoms with van der Waals surface area (Å²) in [4.78, 5) is 11.3. The maximum absolute atomic E-state index is 11.3. The first kappa shape index (κ1) is 13.6. The van der Waals surface area contributed by atoms with Crippen molar-refractivity contribution in [3.63, 3.8) is 0 Å². The number of ketones is 1. The van der Waals surface area contributed by atoms with E-state index in [0.29, 0.717) is 17.2 Å². The topological polar surface area (TPSA) is 44.8 Å². The van der Waals surface area contributed by atoms with E-state index in [4.69, 9.17) is 25.8 Å². The molecule has 0 N–H and O–H groups in total. The van der Waals surface area contributed by atoms with E-state index < -0.39 is 0 Å². The SMILES string of the molecule is COc1cc(CC(=O)CCl)cc(OC)c1OC. The molecule has 0 radical (unpaired) electrons. The fourth-order valence-electron chi connectivity index (χ4n) is 1.51. The summed E-state index contributed by atoms with van der Waals surface area (Å²) in [6, 6.07) is 3.48. The Hall–Kier alpha value is -1.42. The predicted octanol–water partition coefficient (Wildman–Crippen LogP) is 2.06. The average Bonchev–Trinajstić information content (AvgIpc) is 2.37. The second-order valence-corrected chi connectivity index (χ2v) is 3.65. The number of ether oxygens (including phenoxy) is 3. The molecule has 4 nitrogen and oxygen atoms in total. The smallest absolute Gasteiger partial charge is 0.203 e. The molecule has 5 heteroatoms. The Labute approximate surface area is 105 Å². The minimum Gasteiger partial charge on any atom is -0.493 e. The minimum absolute atomic E-state index is 0.00331. The van der Waals surface area contributed by atoms with Crippen LogP contribution in [0, 0.1) is 0 Å². The lowest BCUT2D eigenvalue weighted by molar-refractivity contribution is -0.116. The summed E-state index contributed by atoms with van der Waals surface area (Å²) in [6.07, 6.45) is 0.250. The first-order valence-electron chi connectivity index (χ1n) is 5.02. The maximum Gasteiger partial charge on any atom is 0.203 e. The zero-order valence-corrected chi connectivity index (χ0v) is 10.8. The maximum atomic E-state index is 11.3. The van der Waals surface area contributed by atoms with Crippen molar-refractivity contribution < 1.29 is 19.0 Å². The predicted molar refractivity (Wildman–Crippen MR) is 65.5 cm³/mol. The van der Waals surface area contributed by atoms with Gasteiger partial charge < -0.3 is 14.2 Å². The van der Waals surface area contributed by atoms with Crippen LogP contribution < -0.4 is 14.2 Å². The van der Waals surface area contributed by atoms with Gasteiger partial charge in [0.05, 0.1) is 27.2 Å². The largest absolute Gasteiger partial charge is 0.493 e. The molecule has 0 amide bonds. The van der Waals surface area contributed by atoms with Crippen molar-refractivity contribution in [1.82, 2.24) is 0 Å². The summed E-state index contributed by atoms with van der Waals surface area (Å²) in [5, 5.41) is 0. The van der Waals surface area contributed by atoms with Gasteiger partial charge in [-0.1, -0.05) is 0 Å². The van der Waals surface area contributed by atoms with Crippen molar-refractivity contribution in [3.8, 4) is 17.2 Å². The number of hydrogen-bond acceptors (Lipinski definition) is 4. The van der Waals surface area contributed by atoms with Gasteiger partial charge in [0, 0.05) is 6.42 Å². The number of Topliss-reactive ketones (excluding diaryl/α,β-unsaturated/α-hetero) is 1. The van der Waals surface area contributed by atoms with E-state index in [0.717, 1.165) is 5.56 Å².